The Balaban J connectivity index is 1.21. The summed E-state index contributed by atoms with van der Waals surface area (Å²) >= 11 is 0. The molecule has 2 aromatic heterocycles. The number of piperidine rings is 1. The van der Waals surface area contributed by atoms with Crippen molar-refractivity contribution in [3.05, 3.63) is 30.2 Å². The lowest BCUT2D eigenvalue weighted by Gasteiger charge is -2.33. The Morgan fingerprint density at radius 3 is 2.73 bits per heavy atom. The molecule has 0 bridgehead atoms. The Morgan fingerprint density at radius 2 is 2.06 bits per heavy atom. The number of pyridine rings is 1. The number of hydrogen-bond acceptors (Lipinski definition) is 9. The minimum absolute atomic E-state index is 0.242. The quantitative estimate of drug-likeness (QED) is 0.408. The number of carbonyl (C=O) groups is 1. The Bertz CT molecular complexity index is 957. The van der Waals surface area contributed by atoms with E-state index in [1.807, 2.05) is 0 Å². The minimum atomic E-state index is -0.242. The smallest absolute Gasteiger partial charge is 0.319 e. The van der Waals surface area contributed by atoms with Crippen molar-refractivity contribution >= 4 is 29.6 Å². The second-order valence-corrected chi connectivity index (χ2v) is 8.23. The monoisotopic (exact) mass is 454 g/mol. The van der Waals surface area contributed by atoms with Crippen LogP contribution in [-0.4, -0.2) is 60.0 Å². The summed E-state index contributed by atoms with van der Waals surface area (Å²) in [6.45, 7) is 2.19. The van der Waals surface area contributed by atoms with Crippen molar-refractivity contribution in [1.82, 2.24) is 20.3 Å². The molecule has 2 amide bonds. The van der Waals surface area contributed by atoms with Crippen LogP contribution in [0.1, 0.15) is 37.7 Å². The van der Waals surface area contributed by atoms with Gasteiger partial charge in [0.2, 0.25) is 5.88 Å². The first-order valence-electron chi connectivity index (χ1n) is 11.2. The van der Waals surface area contributed by atoms with Gasteiger partial charge >= 0.3 is 6.03 Å². The molecule has 4 N–H and O–H groups in total. The maximum absolute atomic E-state index is 12.3. The van der Waals surface area contributed by atoms with E-state index in [9.17, 15) is 4.79 Å². The Hall–Kier alpha value is -3.63. The van der Waals surface area contributed by atoms with Crippen molar-refractivity contribution in [3.8, 4) is 5.88 Å². The molecule has 0 unspecified atom stereocenters. The third kappa shape index (κ3) is 5.99. The predicted molar refractivity (Wildman–Crippen MR) is 126 cm³/mol. The molecule has 0 radical (unpaired) electrons. The summed E-state index contributed by atoms with van der Waals surface area (Å²) in [7, 11) is 1.47. The third-order valence-corrected chi connectivity index (χ3v) is 5.98. The lowest BCUT2D eigenvalue weighted by atomic mass is 9.96. The number of carbonyl (C=O) groups excluding carboxylic acids is 1. The molecule has 2 fully saturated rings. The van der Waals surface area contributed by atoms with Gasteiger partial charge in [-0.25, -0.2) is 19.7 Å². The highest BCUT2D eigenvalue weighted by molar-refractivity contribution is 5.91. The molecular weight excluding hydrogens is 424 g/mol. The lowest BCUT2D eigenvalue weighted by Crippen LogP contribution is -2.40. The normalized spacial score (nSPS) is 16.9. The summed E-state index contributed by atoms with van der Waals surface area (Å²) in [6.07, 6.45) is 10.1. The van der Waals surface area contributed by atoms with Gasteiger partial charge < -0.3 is 30.8 Å². The van der Waals surface area contributed by atoms with E-state index in [1.165, 1.54) is 26.1 Å². The number of urea groups is 1. The molecule has 0 aromatic carbocycles. The molecule has 1 saturated heterocycles. The molecule has 2 aliphatic rings. The fourth-order valence-electron chi connectivity index (χ4n) is 3.83. The zero-order valence-corrected chi connectivity index (χ0v) is 18.7. The van der Waals surface area contributed by atoms with Crippen LogP contribution in [0.3, 0.4) is 0 Å². The number of nitrogen functional groups attached to an aromatic ring is 1. The van der Waals surface area contributed by atoms with Crippen molar-refractivity contribution in [3.63, 3.8) is 0 Å². The number of oxime groups is 1. The van der Waals surface area contributed by atoms with Gasteiger partial charge in [0.25, 0.3) is 0 Å². The van der Waals surface area contributed by atoms with Crippen LogP contribution in [0.2, 0.25) is 0 Å². The van der Waals surface area contributed by atoms with Gasteiger partial charge in [0.1, 0.15) is 31.2 Å². The van der Waals surface area contributed by atoms with Crippen LogP contribution < -0.4 is 26.0 Å². The number of rotatable bonds is 8. The average molecular weight is 455 g/mol. The Kier molecular flexibility index (Phi) is 7.38. The number of anilines is 3. The molecule has 11 heteroatoms. The van der Waals surface area contributed by atoms with Crippen LogP contribution in [0, 0.1) is 5.92 Å². The molecule has 1 aliphatic carbocycles. The number of amides is 2. The molecule has 0 spiro atoms. The molecule has 11 nitrogen and oxygen atoms in total. The van der Waals surface area contributed by atoms with Crippen LogP contribution in [-0.2, 0) is 4.84 Å². The van der Waals surface area contributed by atoms with E-state index >= 15 is 0 Å². The molecule has 4 rings (SSSR count). The van der Waals surface area contributed by atoms with Crippen LogP contribution in [0.15, 0.2) is 29.8 Å². The summed E-state index contributed by atoms with van der Waals surface area (Å²) < 4.78 is 5.74. The number of nitrogens with one attached hydrogen (secondary N) is 2. The van der Waals surface area contributed by atoms with Crippen LogP contribution >= 0.6 is 0 Å². The Morgan fingerprint density at radius 1 is 1.24 bits per heavy atom. The third-order valence-electron chi connectivity index (χ3n) is 5.98. The highest BCUT2D eigenvalue weighted by Crippen LogP contribution is 2.26. The second kappa shape index (κ2) is 10.8. The minimum Gasteiger partial charge on any atom is -0.474 e. The Labute approximate surface area is 192 Å². The first kappa shape index (κ1) is 22.6. The zero-order chi connectivity index (χ0) is 23.0. The highest BCUT2D eigenvalue weighted by Gasteiger charge is 2.23. The van der Waals surface area contributed by atoms with E-state index in [4.69, 9.17) is 15.3 Å². The number of aromatic nitrogens is 3. The van der Waals surface area contributed by atoms with E-state index in [0.717, 1.165) is 44.6 Å². The topological polar surface area (TPSA) is 140 Å². The fraction of sp³-hybridized carbons (Fsp3) is 0.500. The van der Waals surface area contributed by atoms with Crippen LogP contribution in [0.5, 0.6) is 5.88 Å². The summed E-state index contributed by atoms with van der Waals surface area (Å²) in [5, 5.41) is 9.58. The van der Waals surface area contributed by atoms with E-state index in [2.05, 4.69) is 35.6 Å². The molecule has 1 aliphatic heterocycles. The largest absolute Gasteiger partial charge is 0.474 e. The number of nitrogens with two attached hydrogens (primary N) is 1. The van der Waals surface area contributed by atoms with Crippen molar-refractivity contribution < 1.29 is 14.4 Å². The van der Waals surface area contributed by atoms with Crippen molar-refractivity contribution in [2.24, 2.45) is 11.1 Å². The van der Waals surface area contributed by atoms with Gasteiger partial charge in [-0.05, 0) is 44.1 Å². The van der Waals surface area contributed by atoms with E-state index in [-0.39, 0.29) is 12.1 Å². The maximum Gasteiger partial charge on any atom is 0.319 e. The summed E-state index contributed by atoms with van der Waals surface area (Å²) in [6, 6.07) is 3.35. The van der Waals surface area contributed by atoms with Gasteiger partial charge in [-0.2, -0.15) is 0 Å². The standard InChI is InChI=1S/C22H30N8O3/c1-32-28-13-18-20(23)26-14-27-21(18)30-9-7-15(8-10-30)11-25-22(31)29-16-5-6-19(24-12-16)33-17-3-2-4-17/h5-6,12-15,17H,2-4,7-11H2,1H3,(H2,23,26,27)(H2,25,29,31)/b28-13+. The molecule has 0 atom stereocenters. The number of ether oxygens (including phenoxy) is 1. The van der Waals surface area contributed by atoms with Crippen molar-refractivity contribution in [1.29, 1.82) is 0 Å². The summed E-state index contributed by atoms with van der Waals surface area (Å²) in [4.78, 5) is 31.9. The van der Waals surface area contributed by atoms with Gasteiger partial charge in [-0.15, -0.1) is 0 Å². The van der Waals surface area contributed by atoms with Gasteiger partial charge in [0.15, 0.2) is 0 Å². The second-order valence-electron chi connectivity index (χ2n) is 8.23. The molecular formula is C22H30N8O3. The van der Waals surface area contributed by atoms with E-state index in [0.29, 0.717) is 35.4 Å². The molecule has 3 heterocycles. The number of nitrogens with zero attached hydrogens (tertiary/aromatic N) is 5. The maximum atomic E-state index is 12.3. The van der Waals surface area contributed by atoms with E-state index in [1.54, 1.807) is 18.3 Å². The summed E-state index contributed by atoms with van der Waals surface area (Å²) in [5.74, 6) is 2.07. The van der Waals surface area contributed by atoms with Crippen molar-refractivity contribution in [2.45, 2.75) is 38.2 Å². The number of hydrogen-bond donors (Lipinski definition) is 3. The van der Waals surface area contributed by atoms with Gasteiger partial charge in [0, 0.05) is 25.7 Å². The SMILES string of the molecule is CO/N=C/c1c(N)ncnc1N1CCC(CNC(=O)Nc2ccc(OC3CCC3)nc2)CC1. The predicted octanol–water partition coefficient (Wildman–Crippen LogP) is 2.40. The molecule has 176 valence electrons. The zero-order valence-electron chi connectivity index (χ0n) is 18.7. The first-order chi connectivity index (χ1) is 16.1. The molecule has 1 saturated carbocycles. The van der Waals surface area contributed by atoms with Crippen LogP contribution in [0.25, 0.3) is 0 Å². The first-order valence-corrected chi connectivity index (χ1v) is 11.2. The van der Waals surface area contributed by atoms with Gasteiger partial charge in [-0.1, -0.05) is 5.16 Å². The average Bonchev–Trinajstić information content (AvgIpc) is 2.80. The van der Waals surface area contributed by atoms with E-state index < -0.39 is 0 Å². The van der Waals surface area contributed by atoms with Crippen LogP contribution in [0.4, 0.5) is 22.1 Å². The van der Waals surface area contributed by atoms with Gasteiger partial charge in [0.05, 0.1) is 23.7 Å². The highest BCUT2D eigenvalue weighted by atomic mass is 16.6. The fourth-order valence-corrected chi connectivity index (χ4v) is 3.83. The summed E-state index contributed by atoms with van der Waals surface area (Å²) in [5.41, 5.74) is 7.27. The molecule has 2 aromatic rings. The lowest BCUT2D eigenvalue weighted by molar-refractivity contribution is 0.114. The van der Waals surface area contributed by atoms with Gasteiger partial charge in [-0.3, -0.25) is 0 Å². The van der Waals surface area contributed by atoms with Crippen molar-refractivity contribution in [2.75, 3.05) is 42.7 Å². The molecule has 33 heavy (non-hydrogen) atoms.